The highest BCUT2D eigenvalue weighted by Crippen LogP contribution is 2.40. The molecule has 1 atom stereocenters. The summed E-state index contributed by atoms with van der Waals surface area (Å²) in [6.45, 7) is 29.8. The maximum atomic E-state index is 14.1. The number of hydrogen-bond donors (Lipinski definition) is 1. The standard InChI is InChI=1S/C33H58N8O4/c1-28(2,3)20-29(4,5)37-24-31(8,9)41(33(12,13)26(44)39(24)16-18-42)15-14-40-30(6,7)21-38(25(43)32(40,10)11)17-19-45-27-35-22-34-23-36-27/h18,22-24,37H,14-17,19-21H2,1-13H3. The molecule has 2 aliphatic rings. The van der Waals surface area contributed by atoms with Crippen molar-refractivity contribution in [3.05, 3.63) is 12.7 Å². The SMILES string of the molecule is CC(C)(C)CC(C)(C)NC1N(CC=O)C(=O)C(C)(C)N(CCN2C(C)(C)CN(CCOc3ncncn3)C(=O)C2(C)C)C1(C)C. The largest absolute Gasteiger partial charge is 0.462 e. The molecule has 0 aliphatic carbocycles. The molecule has 0 spiro atoms. The number of ether oxygens (including phenoxy) is 1. The number of aromatic nitrogens is 3. The lowest BCUT2D eigenvalue weighted by Gasteiger charge is -2.62. The third kappa shape index (κ3) is 8.00. The van der Waals surface area contributed by atoms with Crippen molar-refractivity contribution in [3.63, 3.8) is 0 Å². The first kappa shape index (κ1) is 36.8. The second-order valence-electron chi connectivity index (χ2n) is 16.7. The topological polar surface area (TPSA) is 124 Å². The lowest BCUT2D eigenvalue weighted by atomic mass is 9.79. The van der Waals surface area contributed by atoms with E-state index in [1.165, 1.54) is 12.7 Å². The zero-order chi connectivity index (χ0) is 34.2. The molecule has 2 amide bonds. The van der Waals surface area contributed by atoms with Crippen molar-refractivity contribution in [1.29, 1.82) is 0 Å². The van der Waals surface area contributed by atoms with Crippen LogP contribution in [0.15, 0.2) is 12.7 Å². The highest BCUT2D eigenvalue weighted by molar-refractivity contribution is 5.89. The van der Waals surface area contributed by atoms with Crippen LogP contribution in [0.3, 0.4) is 0 Å². The fraction of sp³-hybridized carbons (Fsp3) is 0.818. The van der Waals surface area contributed by atoms with Crippen LogP contribution in [0.5, 0.6) is 6.01 Å². The van der Waals surface area contributed by atoms with Crippen molar-refractivity contribution in [2.75, 3.05) is 39.3 Å². The van der Waals surface area contributed by atoms with E-state index in [0.717, 1.165) is 12.7 Å². The van der Waals surface area contributed by atoms with E-state index in [1.807, 2.05) is 32.6 Å². The monoisotopic (exact) mass is 630 g/mol. The maximum absolute atomic E-state index is 14.1. The average Bonchev–Trinajstić information content (AvgIpc) is 2.88. The van der Waals surface area contributed by atoms with Gasteiger partial charge in [-0.1, -0.05) is 20.8 Å². The molecule has 0 saturated carbocycles. The molecule has 0 radical (unpaired) electrons. The van der Waals surface area contributed by atoms with Gasteiger partial charge in [0.15, 0.2) is 0 Å². The van der Waals surface area contributed by atoms with Crippen LogP contribution in [-0.4, -0.2) is 126 Å². The number of amides is 2. The van der Waals surface area contributed by atoms with Gasteiger partial charge in [-0.15, -0.1) is 0 Å². The predicted octanol–water partition coefficient (Wildman–Crippen LogP) is 2.98. The molecule has 3 heterocycles. The van der Waals surface area contributed by atoms with E-state index in [-0.39, 0.29) is 47.5 Å². The Kier molecular flexibility index (Phi) is 10.5. The van der Waals surface area contributed by atoms with E-state index in [9.17, 15) is 14.4 Å². The molecule has 1 N–H and O–H groups in total. The zero-order valence-corrected chi connectivity index (χ0v) is 30.0. The van der Waals surface area contributed by atoms with Gasteiger partial charge < -0.3 is 19.3 Å². The Labute approximate surface area is 270 Å². The van der Waals surface area contributed by atoms with Gasteiger partial charge >= 0.3 is 6.01 Å². The quantitative estimate of drug-likeness (QED) is 0.345. The highest BCUT2D eigenvalue weighted by Gasteiger charge is 2.57. The number of nitrogens with one attached hydrogen (secondary N) is 1. The smallest absolute Gasteiger partial charge is 0.319 e. The third-order valence-electron chi connectivity index (χ3n) is 9.31. The molecule has 12 heteroatoms. The number of nitrogens with zero attached hydrogens (tertiary/aromatic N) is 7. The number of piperazine rings is 2. The molecular weight excluding hydrogens is 572 g/mol. The summed E-state index contributed by atoms with van der Waals surface area (Å²) in [6.07, 6.45) is 4.05. The summed E-state index contributed by atoms with van der Waals surface area (Å²) in [4.78, 5) is 59.7. The molecule has 254 valence electrons. The van der Waals surface area contributed by atoms with E-state index in [0.29, 0.717) is 26.2 Å². The van der Waals surface area contributed by atoms with Gasteiger partial charge in [0, 0.05) is 30.7 Å². The highest BCUT2D eigenvalue weighted by atomic mass is 16.5. The molecule has 1 aromatic rings. The summed E-state index contributed by atoms with van der Waals surface area (Å²) >= 11 is 0. The van der Waals surface area contributed by atoms with E-state index >= 15 is 0 Å². The third-order valence-corrected chi connectivity index (χ3v) is 9.31. The van der Waals surface area contributed by atoms with Gasteiger partial charge in [-0.25, -0.2) is 4.98 Å². The van der Waals surface area contributed by atoms with Crippen molar-refractivity contribution in [2.45, 2.75) is 130 Å². The van der Waals surface area contributed by atoms with Gasteiger partial charge in [-0.2, -0.15) is 9.97 Å². The van der Waals surface area contributed by atoms with Crippen LogP contribution in [0.4, 0.5) is 0 Å². The van der Waals surface area contributed by atoms with E-state index in [4.69, 9.17) is 4.74 Å². The van der Waals surface area contributed by atoms with Crippen molar-refractivity contribution >= 4 is 18.1 Å². The van der Waals surface area contributed by atoms with Gasteiger partial charge in [0.25, 0.3) is 0 Å². The van der Waals surface area contributed by atoms with Crippen LogP contribution in [0.2, 0.25) is 0 Å². The van der Waals surface area contributed by atoms with Crippen LogP contribution >= 0.6 is 0 Å². The molecule has 3 rings (SSSR count). The Morgan fingerprint density at radius 2 is 1.44 bits per heavy atom. The van der Waals surface area contributed by atoms with E-state index < -0.39 is 22.8 Å². The number of rotatable bonds is 12. The first-order valence-corrected chi connectivity index (χ1v) is 16.1. The molecule has 1 aromatic heterocycles. The average molecular weight is 631 g/mol. The normalized spacial score (nSPS) is 23.7. The molecule has 2 fully saturated rings. The first-order chi connectivity index (χ1) is 20.5. The fourth-order valence-electron chi connectivity index (χ4n) is 8.07. The molecule has 45 heavy (non-hydrogen) atoms. The van der Waals surface area contributed by atoms with Gasteiger partial charge in [-0.05, 0) is 81.1 Å². The second-order valence-corrected chi connectivity index (χ2v) is 16.7. The van der Waals surface area contributed by atoms with E-state index in [1.54, 1.807) is 4.90 Å². The summed E-state index contributed by atoms with van der Waals surface area (Å²) in [5.41, 5.74) is -2.78. The zero-order valence-electron chi connectivity index (χ0n) is 30.0. The Balaban J connectivity index is 1.84. The Bertz CT molecular complexity index is 1210. The Hall–Kier alpha value is -2.70. The number of hydrogen-bond acceptors (Lipinski definition) is 10. The van der Waals surface area contributed by atoms with Crippen molar-refractivity contribution in [3.8, 4) is 6.01 Å². The summed E-state index contributed by atoms with van der Waals surface area (Å²) in [5, 5.41) is 3.80. The molecule has 12 nitrogen and oxygen atoms in total. The number of carbonyl (C=O) groups is 3. The number of aldehydes is 1. The molecule has 0 aromatic carbocycles. The van der Waals surface area contributed by atoms with Crippen LogP contribution < -0.4 is 10.1 Å². The van der Waals surface area contributed by atoms with Gasteiger partial charge in [0.1, 0.15) is 31.7 Å². The van der Waals surface area contributed by atoms with Crippen LogP contribution in [0, 0.1) is 5.41 Å². The van der Waals surface area contributed by atoms with Gasteiger partial charge in [0.2, 0.25) is 11.8 Å². The summed E-state index contributed by atoms with van der Waals surface area (Å²) < 4.78 is 5.66. The van der Waals surface area contributed by atoms with Crippen molar-refractivity contribution < 1.29 is 19.1 Å². The van der Waals surface area contributed by atoms with Crippen LogP contribution in [0.25, 0.3) is 0 Å². The minimum absolute atomic E-state index is 0.0231. The molecule has 2 aliphatic heterocycles. The minimum Gasteiger partial charge on any atom is -0.462 e. The summed E-state index contributed by atoms with van der Waals surface area (Å²) in [7, 11) is 0. The first-order valence-electron chi connectivity index (χ1n) is 16.1. The Morgan fingerprint density at radius 1 is 0.889 bits per heavy atom. The van der Waals surface area contributed by atoms with Gasteiger partial charge in [0.05, 0.1) is 29.7 Å². The summed E-state index contributed by atoms with van der Waals surface area (Å²) in [6, 6.07) is 0.234. The summed E-state index contributed by atoms with van der Waals surface area (Å²) in [5.74, 6) is -0.0643. The second kappa shape index (κ2) is 12.8. The molecule has 2 saturated heterocycles. The predicted molar refractivity (Wildman–Crippen MR) is 174 cm³/mol. The number of carbonyl (C=O) groups excluding carboxylic acids is 3. The fourth-order valence-corrected chi connectivity index (χ4v) is 8.07. The van der Waals surface area contributed by atoms with Crippen molar-refractivity contribution in [1.82, 2.24) is 39.9 Å². The maximum Gasteiger partial charge on any atom is 0.319 e. The van der Waals surface area contributed by atoms with Gasteiger partial charge in [-0.3, -0.25) is 24.7 Å². The lowest BCUT2D eigenvalue weighted by molar-refractivity contribution is -0.179. The Morgan fingerprint density at radius 3 is 2.00 bits per heavy atom. The van der Waals surface area contributed by atoms with E-state index in [2.05, 4.69) is 92.4 Å². The molecule has 1 unspecified atom stereocenters. The molecule has 0 bridgehead atoms. The van der Waals surface area contributed by atoms with Crippen LogP contribution in [-0.2, 0) is 14.4 Å². The molecular formula is C33H58N8O4. The van der Waals surface area contributed by atoms with Crippen LogP contribution in [0.1, 0.15) is 96.4 Å². The minimum atomic E-state index is -0.870. The van der Waals surface area contributed by atoms with Crippen molar-refractivity contribution in [2.24, 2.45) is 5.41 Å². The lowest BCUT2D eigenvalue weighted by Crippen LogP contribution is -2.80.